The van der Waals surface area contributed by atoms with E-state index in [1.807, 2.05) is 52.0 Å². The summed E-state index contributed by atoms with van der Waals surface area (Å²) in [6, 6.07) is 9.53. The van der Waals surface area contributed by atoms with E-state index in [-0.39, 0.29) is 5.91 Å². The van der Waals surface area contributed by atoms with E-state index in [1.165, 1.54) is 0 Å². The number of piperazine rings is 1. The van der Waals surface area contributed by atoms with Crippen LogP contribution in [0, 0.1) is 0 Å². The Morgan fingerprint density at radius 2 is 1.87 bits per heavy atom. The van der Waals surface area contributed by atoms with E-state index in [1.54, 1.807) is 14.2 Å². The van der Waals surface area contributed by atoms with Crippen molar-refractivity contribution in [3.63, 3.8) is 0 Å². The van der Waals surface area contributed by atoms with Crippen LogP contribution in [0.2, 0.25) is 5.02 Å². The van der Waals surface area contributed by atoms with E-state index in [9.17, 15) is 4.79 Å². The molecule has 1 aromatic carbocycles. The number of fused-ring (bicyclic) bond motifs is 1. The number of imidazole rings is 1. The number of aromatic nitrogens is 2. The number of methoxy groups -OCH3 is 2. The number of pyridine rings is 1. The number of amides is 1. The minimum atomic E-state index is 0.173. The Hall–Kier alpha value is -2.77. The molecule has 1 amide bonds. The molecule has 3 heterocycles. The number of benzene rings is 1. The number of ether oxygens (including phenoxy) is 2. The Balaban J connectivity index is 1.29. The summed E-state index contributed by atoms with van der Waals surface area (Å²) in [6.07, 6.45) is 4.96. The molecular formula is C23H27ClN4O3. The van der Waals surface area contributed by atoms with Crippen molar-refractivity contribution in [2.75, 3.05) is 40.4 Å². The molecule has 0 spiro atoms. The summed E-state index contributed by atoms with van der Waals surface area (Å²) in [5.74, 6) is 1.57. The van der Waals surface area contributed by atoms with E-state index in [2.05, 4.69) is 9.88 Å². The first-order valence-electron chi connectivity index (χ1n) is 10.4. The van der Waals surface area contributed by atoms with Gasteiger partial charge in [0.05, 0.1) is 24.9 Å². The summed E-state index contributed by atoms with van der Waals surface area (Å²) in [5, 5.41) is 0.690. The number of rotatable bonds is 7. The molecule has 3 aromatic rings. The van der Waals surface area contributed by atoms with Crippen LogP contribution in [0.1, 0.15) is 17.7 Å². The monoisotopic (exact) mass is 442 g/mol. The molecule has 8 heteroatoms. The summed E-state index contributed by atoms with van der Waals surface area (Å²) >= 11 is 6.05. The lowest BCUT2D eigenvalue weighted by atomic mass is 10.1. The molecule has 0 saturated carbocycles. The van der Waals surface area contributed by atoms with Crippen LogP contribution < -0.4 is 9.47 Å². The molecule has 1 aliphatic rings. The first-order valence-corrected chi connectivity index (χ1v) is 10.8. The minimum Gasteiger partial charge on any atom is -0.493 e. The second kappa shape index (κ2) is 9.58. The van der Waals surface area contributed by atoms with Gasteiger partial charge in [-0.05, 0) is 30.2 Å². The topological polar surface area (TPSA) is 59.3 Å². The van der Waals surface area contributed by atoms with Crippen LogP contribution in [0.5, 0.6) is 11.5 Å². The number of hydrogen-bond acceptors (Lipinski definition) is 5. The largest absolute Gasteiger partial charge is 0.493 e. The van der Waals surface area contributed by atoms with Gasteiger partial charge in [-0.2, -0.15) is 0 Å². The lowest BCUT2D eigenvalue weighted by Gasteiger charge is -2.34. The molecule has 0 aliphatic carbocycles. The summed E-state index contributed by atoms with van der Waals surface area (Å²) < 4.78 is 12.8. The van der Waals surface area contributed by atoms with Gasteiger partial charge in [-0.3, -0.25) is 9.69 Å². The zero-order chi connectivity index (χ0) is 21.8. The van der Waals surface area contributed by atoms with Crippen LogP contribution in [-0.2, 0) is 17.8 Å². The molecule has 1 saturated heterocycles. The third-order valence-electron chi connectivity index (χ3n) is 5.67. The predicted molar refractivity (Wildman–Crippen MR) is 120 cm³/mol. The normalized spacial score (nSPS) is 14.7. The first kappa shape index (κ1) is 21.5. The number of para-hydroxylation sites is 1. The molecule has 1 fully saturated rings. The van der Waals surface area contributed by atoms with Crippen molar-refractivity contribution >= 4 is 23.2 Å². The van der Waals surface area contributed by atoms with Gasteiger partial charge in [-0.1, -0.05) is 23.7 Å². The van der Waals surface area contributed by atoms with Gasteiger partial charge in [0.15, 0.2) is 11.5 Å². The van der Waals surface area contributed by atoms with Crippen LogP contribution in [0.25, 0.3) is 5.65 Å². The maximum atomic E-state index is 12.7. The van der Waals surface area contributed by atoms with Gasteiger partial charge in [0, 0.05) is 51.5 Å². The molecule has 0 unspecified atom stereocenters. The van der Waals surface area contributed by atoms with Crippen molar-refractivity contribution < 1.29 is 14.3 Å². The van der Waals surface area contributed by atoms with Crippen LogP contribution in [-0.4, -0.2) is 65.5 Å². The molecule has 0 radical (unpaired) electrons. The molecule has 1 aliphatic heterocycles. The molecular weight excluding hydrogens is 416 g/mol. The second-order valence-corrected chi connectivity index (χ2v) is 8.09. The predicted octanol–water partition coefficient (Wildman–Crippen LogP) is 3.28. The SMILES string of the molecule is COc1cccc(CCC(=O)N2CCN(Cc3cn4cc(Cl)ccc4n3)CC2)c1OC. The van der Waals surface area contributed by atoms with Crippen molar-refractivity contribution in [3.05, 3.63) is 59.0 Å². The average molecular weight is 443 g/mol. The summed E-state index contributed by atoms with van der Waals surface area (Å²) in [7, 11) is 3.24. The molecule has 164 valence electrons. The van der Waals surface area contributed by atoms with E-state index in [0.29, 0.717) is 29.4 Å². The van der Waals surface area contributed by atoms with E-state index in [4.69, 9.17) is 21.1 Å². The zero-order valence-corrected chi connectivity index (χ0v) is 18.6. The highest BCUT2D eigenvalue weighted by atomic mass is 35.5. The molecule has 0 N–H and O–H groups in total. The first-order chi connectivity index (χ1) is 15.1. The fourth-order valence-electron chi connectivity index (χ4n) is 4.03. The molecule has 31 heavy (non-hydrogen) atoms. The van der Waals surface area contributed by atoms with Gasteiger partial charge in [0.1, 0.15) is 5.65 Å². The van der Waals surface area contributed by atoms with Gasteiger partial charge in [-0.25, -0.2) is 4.98 Å². The number of hydrogen-bond donors (Lipinski definition) is 0. The van der Waals surface area contributed by atoms with Crippen molar-refractivity contribution in [2.24, 2.45) is 0 Å². The summed E-state index contributed by atoms with van der Waals surface area (Å²) in [4.78, 5) is 21.7. The third kappa shape index (κ3) is 4.94. The number of carbonyl (C=O) groups excluding carboxylic acids is 1. The maximum Gasteiger partial charge on any atom is 0.222 e. The van der Waals surface area contributed by atoms with Crippen LogP contribution in [0.15, 0.2) is 42.7 Å². The molecule has 4 rings (SSSR count). The van der Waals surface area contributed by atoms with E-state index >= 15 is 0 Å². The van der Waals surface area contributed by atoms with E-state index in [0.717, 1.165) is 49.6 Å². The van der Waals surface area contributed by atoms with Crippen LogP contribution >= 0.6 is 11.6 Å². The van der Waals surface area contributed by atoms with Crippen molar-refractivity contribution in [1.29, 1.82) is 0 Å². The second-order valence-electron chi connectivity index (χ2n) is 7.65. The summed E-state index contributed by atoms with van der Waals surface area (Å²) in [6.45, 7) is 3.90. The van der Waals surface area contributed by atoms with Gasteiger partial charge in [0.2, 0.25) is 5.91 Å². The zero-order valence-electron chi connectivity index (χ0n) is 17.9. The van der Waals surface area contributed by atoms with Crippen molar-refractivity contribution in [2.45, 2.75) is 19.4 Å². The Morgan fingerprint density at radius 3 is 2.61 bits per heavy atom. The quantitative estimate of drug-likeness (QED) is 0.562. The molecule has 7 nitrogen and oxygen atoms in total. The Kier molecular flexibility index (Phi) is 6.63. The molecule has 2 aromatic heterocycles. The van der Waals surface area contributed by atoms with Gasteiger partial charge in [-0.15, -0.1) is 0 Å². The standard InChI is InChI=1S/C23H27ClN4O3/c1-30-20-5-3-4-17(23(20)31-2)6-9-22(29)27-12-10-26(11-13-27)15-19-16-28-14-18(24)7-8-21(28)25-19/h3-5,7-8,14,16H,6,9-13,15H2,1-2H3. The van der Waals surface area contributed by atoms with Gasteiger partial charge < -0.3 is 18.8 Å². The smallest absolute Gasteiger partial charge is 0.222 e. The van der Waals surface area contributed by atoms with Gasteiger partial charge >= 0.3 is 0 Å². The Morgan fingerprint density at radius 1 is 1.06 bits per heavy atom. The number of carbonyl (C=O) groups is 1. The van der Waals surface area contributed by atoms with Crippen LogP contribution in [0.3, 0.4) is 0 Å². The number of halogens is 1. The fraction of sp³-hybridized carbons (Fsp3) is 0.391. The Labute approximate surface area is 187 Å². The van der Waals surface area contributed by atoms with E-state index < -0.39 is 0 Å². The molecule has 0 atom stereocenters. The van der Waals surface area contributed by atoms with Crippen LogP contribution in [0.4, 0.5) is 0 Å². The average Bonchev–Trinajstić information content (AvgIpc) is 3.18. The highest BCUT2D eigenvalue weighted by Crippen LogP contribution is 2.31. The Bertz CT molecular complexity index is 1060. The number of nitrogens with zero attached hydrogens (tertiary/aromatic N) is 4. The molecule has 0 bridgehead atoms. The maximum absolute atomic E-state index is 12.7. The number of aryl methyl sites for hydroxylation is 1. The highest BCUT2D eigenvalue weighted by Gasteiger charge is 2.22. The lowest BCUT2D eigenvalue weighted by Crippen LogP contribution is -2.48. The van der Waals surface area contributed by atoms with Crippen molar-refractivity contribution in [3.8, 4) is 11.5 Å². The third-order valence-corrected chi connectivity index (χ3v) is 5.89. The summed E-state index contributed by atoms with van der Waals surface area (Å²) in [5.41, 5.74) is 2.88. The van der Waals surface area contributed by atoms with Crippen molar-refractivity contribution in [1.82, 2.24) is 19.2 Å². The fourth-order valence-corrected chi connectivity index (χ4v) is 4.20. The van der Waals surface area contributed by atoms with Gasteiger partial charge in [0.25, 0.3) is 0 Å². The minimum absolute atomic E-state index is 0.173. The highest BCUT2D eigenvalue weighted by molar-refractivity contribution is 6.30. The lowest BCUT2D eigenvalue weighted by molar-refractivity contribution is -0.133.